The van der Waals surface area contributed by atoms with Crippen LogP contribution in [-0.4, -0.2) is 34.8 Å². The first-order valence-corrected chi connectivity index (χ1v) is 9.67. The van der Waals surface area contributed by atoms with Crippen molar-refractivity contribution in [1.82, 2.24) is 10.0 Å². The van der Waals surface area contributed by atoms with E-state index in [0.29, 0.717) is 11.5 Å². The minimum absolute atomic E-state index is 0.00595. The number of aryl methyl sites for hydroxylation is 1. The van der Waals surface area contributed by atoms with Gasteiger partial charge in [0.2, 0.25) is 22.7 Å². The summed E-state index contributed by atoms with van der Waals surface area (Å²) in [6, 6.07) is 10.1. The zero-order valence-corrected chi connectivity index (χ0v) is 15.8. The fourth-order valence-electron chi connectivity index (χ4n) is 2.55. The highest BCUT2D eigenvalue weighted by Gasteiger charge is 2.20. The van der Waals surface area contributed by atoms with Crippen LogP contribution in [0.25, 0.3) is 0 Å². The molecule has 2 aromatic rings. The first-order valence-electron chi connectivity index (χ1n) is 8.18. The standard InChI is InChI=1S/C18H20N2O6S/c1-12-3-5-15(24-2)17(7-12)27(22,23)20-10-18(21)19-9-13-4-6-14-16(8-13)26-11-25-14/h3-8,20H,9-11H2,1-2H3,(H,19,21). The zero-order valence-electron chi connectivity index (χ0n) is 14.9. The Labute approximate surface area is 157 Å². The molecule has 0 fully saturated rings. The van der Waals surface area contributed by atoms with E-state index in [1.807, 2.05) is 0 Å². The Balaban J connectivity index is 1.58. The molecule has 1 aliphatic heterocycles. The number of amides is 1. The number of hydrogen-bond donors (Lipinski definition) is 2. The molecule has 0 atom stereocenters. The Morgan fingerprint density at radius 3 is 2.70 bits per heavy atom. The van der Waals surface area contributed by atoms with Gasteiger partial charge in [0, 0.05) is 6.54 Å². The van der Waals surface area contributed by atoms with Crippen LogP contribution in [0.1, 0.15) is 11.1 Å². The van der Waals surface area contributed by atoms with Crippen LogP contribution in [0, 0.1) is 6.92 Å². The molecule has 27 heavy (non-hydrogen) atoms. The first kappa shape index (κ1) is 19.0. The van der Waals surface area contributed by atoms with Gasteiger partial charge in [-0.1, -0.05) is 12.1 Å². The highest BCUT2D eigenvalue weighted by molar-refractivity contribution is 7.89. The van der Waals surface area contributed by atoms with Gasteiger partial charge in [-0.05, 0) is 42.3 Å². The predicted octanol–water partition coefficient (Wildman–Crippen LogP) is 1.33. The van der Waals surface area contributed by atoms with Crippen molar-refractivity contribution in [2.24, 2.45) is 0 Å². The summed E-state index contributed by atoms with van der Waals surface area (Å²) in [5.74, 6) is 1.04. The third-order valence-electron chi connectivity index (χ3n) is 3.96. The Morgan fingerprint density at radius 1 is 1.15 bits per heavy atom. The number of ether oxygens (including phenoxy) is 3. The van der Waals surface area contributed by atoms with E-state index in [-0.39, 0.29) is 30.5 Å². The van der Waals surface area contributed by atoms with Crippen molar-refractivity contribution < 1.29 is 27.4 Å². The van der Waals surface area contributed by atoms with Gasteiger partial charge in [0.1, 0.15) is 10.6 Å². The second-order valence-corrected chi connectivity index (χ2v) is 7.68. The van der Waals surface area contributed by atoms with Crippen LogP contribution in [-0.2, 0) is 21.4 Å². The summed E-state index contributed by atoms with van der Waals surface area (Å²) in [6.07, 6.45) is 0. The van der Waals surface area contributed by atoms with Crippen molar-refractivity contribution in [2.45, 2.75) is 18.4 Å². The lowest BCUT2D eigenvalue weighted by Crippen LogP contribution is -2.36. The number of rotatable bonds is 7. The van der Waals surface area contributed by atoms with Gasteiger partial charge in [-0.15, -0.1) is 0 Å². The molecule has 144 valence electrons. The maximum absolute atomic E-state index is 12.5. The van der Waals surface area contributed by atoms with Gasteiger partial charge in [0.05, 0.1) is 13.7 Å². The molecule has 1 heterocycles. The minimum Gasteiger partial charge on any atom is -0.495 e. The van der Waals surface area contributed by atoms with E-state index in [1.54, 1.807) is 37.3 Å². The predicted molar refractivity (Wildman–Crippen MR) is 97.3 cm³/mol. The van der Waals surface area contributed by atoms with Crippen molar-refractivity contribution in [1.29, 1.82) is 0 Å². The molecule has 3 rings (SSSR count). The molecule has 2 N–H and O–H groups in total. The van der Waals surface area contributed by atoms with Crippen LogP contribution >= 0.6 is 0 Å². The molecule has 0 saturated carbocycles. The summed E-state index contributed by atoms with van der Waals surface area (Å²) in [5.41, 5.74) is 1.58. The molecule has 8 nitrogen and oxygen atoms in total. The average Bonchev–Trinajstić information content (AvgIpc) is 3.12. The minimum atomic E-state index is -3.88. The van der Waals surface area contributed by atoms with Crippen molar-refractivity contribution in [3.8, 4) is 17.2 Å². The maximum Gasteiger partial charge on any atom is 0.244 e. The number of fused-ring (bicyclic) bond motifs is 1. The molecule has 0 spiro atoms. The highest BCUT2D eigenvalue weighted by Crippen LogP contribution is 2.32. The van der Waals surface area contributed by atoms with Crippen molar-refractivity contribution in [3.63, 3.8) is 0 Å². The average molecular weight is 392 g/mol. The summed E-state index contributed by atoms with van der Waals surface area (Å²) in [6.45, 7) is 1.81. The Bertz CT molecular complexity index is 958. The smallest absolute Gasteiger partial charge is 0.244 e. The van der Waals surface area contributed by atoms with E-state index in [1.165, 1.54) is 13.2 Å². The fraction of sp³-hybridized carbons (Fsp3) is 0.278. The fourth-order valence-corrected chi connectivity index (χ4v) is 3.78. The lowest BCUT2D eigenvalue weighted by Gasteiger charge is -2.12. The summed E-state index contributed by atoms with van der Waals surface area (Å²) in [7, 11) is -2.49. The van der Waals surface area contributed by atoms with E-state index >= 15 is 0 Å². The first-order chi connectivity index (χ1) is 12.9. The summed E-state index contributed by atoms with van der Waals surface area (Å²) in [4.78, 5) is 12.0. The zero-order chi connectivity index (χ0) is 19.4. The Morgan fingerprint density at radius 2 is 1.93 bits per heavy atom. The van der Waals surface area contributed by atoms with E-state index in [0.717, 1.165) is 11.1 Å². The Hall–Kier alpha value is -2.78. The summed E-state index contributed by atoms with van der Waals surface area (Å²) in [5, 5.41) is 2.66. The van der Waals surface area contributed by atoms with Crippen molar-refractivity contribution in [2.75, 3.05) is 20.4 Å². The molecule has 0 aromatic heterocycles. The van der Waals surface area contributed by atoms with Gasteiger partial charge in [-0.3, -0.25) is 4.79 Å². The number of hydrogen-bond acceptors (Lipinski definition) is 6. The number of carbonyl (C=O) groups excluding carboxylic acids is 1. The molecule has 1 amide bonds. The number of benzene rings is 2. The molecule has 9 heteroatoms. The van der Waals surface area contributed by atoms with E-state index in [9.17, 15) is 13.2 Å². The second kappa shape index (κ2) is 7.85. The molecular formula is C18H20N2O6S. The molecule has 0 aliphatic carbocycles. The van der Waals surface area contributed by atoms with Crippen LogP contribution in [0.5, 0.6) is 17.2 Å². The normalized spacial score (nSPS) is 12.7. The van der Waals surface area contributed by atoms with E-state index in [2.05, 4.69) is 10.0 Å². The van der Waals surface area contributed by atoms with E-state index in [4.69, 9.17) is 14.2 Å². The number of carbonyl (C=O) groups is 1. The van der Waals surface area contributed by atoms with Crippen LogP contribution in [0.2, 0.25) is 0 Å². The van der Waals surface area contributed by atoms with Crippen molar-refractivity contribution >= 4 is 15.9 Å². The quantitative estimate of drug-likeness (QED) is 0.737. The molecule has 1 aliphatic rings. The number of methoxy groups -OCH3 is 1. The van der Waals surface area contributed by atoms with Crippen LogP contribution in [0.3, 0.4) is 0 Å². The second-order valence-electron chi connectivity index (χ2n) is 5.94. The molecule has 2 aromatic carbocycles. The summed E-state index contributed by atoms with van der Waals surface area (Å²) >= 11 is 0. The lowest BCUT2D eigenvalue weighted by atomic mass is 10.2. The van der Waals surface area contributed by atoms with Crippen LogP contribution in [0.4, 0.5) is 0 Å². The third-order valence-corrected chi connectivity index (χ3v) is 5.38. The summed E-state index contributed by atoms with van der Waals surface area (Å²) < 4.78 is 42.8. The van der Waals surface area contributed by atoms with E-state index < -0.39 is 15.9 Å². The monoisotopic (exact) mass is 392 g/mol. The number of nitrogens with one attached hydrogen (secondary N) is 2. The van der Waals surface area contributed by atoms with Gasteiger partial charge in [-0.25, -0.2) is 13.1 Å². The van der Waals surface area contributed by atoms with Crippen LogP contribution < -0.4 is 24.2 Å². The molecule has 0 saturated heterocycles. The van der Waals surface area contributed by atoms with Gasteiger partial charge >= 0.3 is 0 Å². The topological polar surface area (TPSA) is 103 Å². The maximum atomic E-state index is 12.5. The highest BCUT2D eigenvalue weighted by atomic mass is 32.2. The molecule has 0 unspecified atom stereocenters. The molecular weight excluding hydrogens is 372 g/mol. The third kappa shape index (κ3) is 4.50. The lowest BCUT2D eigenvalue weighted by molar-refractivity contribution is -0.120. The number of sulfonamides is 1. The SMILES string of the molecule is COc1ccc(C)cc1S(=O)(=O)NCC(=O)NCc1ccc2c(c1)OCO2. The van der Waals surface area contributed by atoms with Gasteiger partial charge in [0.25, 0.3) is 0 Å². The van der Waals surface area contributed by atoms with Gasteiger partial charge < -0.3 is 19.5 Å². The largest absolute Gasteiger partial charge is 0.495 e. The molecule has 0 bridgehead atoms. The van der Waals surface area contributed by atoms with Gasteiger partial charge in [-0.2, -0.15) is 0 Å². The Kier molecular flexibility index (Phi) is 5.52. The van der Waals surface area contributed by atoms with Crippen molar-refractivity contribution in [3.05, 3.63) is 47.5 Å². The molecule has 0 radical (unpaired) electrons. The van der Waals surface area contributed by atoms with Crippen LogP contribution in [0.15, 0.2) is 41.3 Å². The van der Waals surface area contributed by atoms with Gasteiger partial charge in [0.15, 0.2) is 11.5 Å².